The molecule has 0 radical (unpaired) electrons. The number of ether oxygens (including phenoxy) is 1. The van der Waals surface area contributed by atoms with Crippen LogP contribution in [0.2, 0.25) is 5.02 Å². The zero-order valence-corrected chi connectivity index (χ0v) is 18.3. The third-order valence-corrected chi connectivity index (χ3v) is 7.23. The Bertz CT molecular complexity index is 1070. The van der Waals surface area contributed by atoms with Gasteiger partial charge in [-0.25, -0.2) is 13.2 Å². The highest BCUT2D eigenvalue weighted by atomic mass is 35.5. The fourth-order valence-electron chi connectivity index (χ4n) is 3.14. The average molecular weight is 451 g/mol. The molecule has 7 nitrogen and oxygen atoms in total. The molecule has 30 heavy (non-hydrogen) atoms. The molecule has 9 heteroatoms. The summed E-state index contributed by atoms with van der Waals surface area (Å²) in [5.74, 6) is -1.22. The van der Waals surface area contributed by atoms with Crippen LogP contribution in [0.4, 0.5) is 5.69 Å². The normalized spacial score (nSPS) is 14.2. The van der Waals surface area contributed by atoms with Crippen molar-refractivity contribution >= 4 is 39.2 Å². The molecule has 0 aliphatic carbocycles. The molecule has 1 aliphatic heterocycles. The summed E-state index contributed by atoms with van der Waals surface area (Å²) in [6.45, 7) is 3.60. The van der Waals surface area contributed by atoms with E-state index in [1.165, 1.54) is 22.5 Å². The van der Waals surface area contributed by atoms with E-state index in [0.717, 1.165) is 12.0 Å². The summed E-state index contributed by atoms with van der Waals surface area (Å²) in [6.07, 6.45) is 1.35. The SMILES string of the molecule is CC[C@H](C)NC(=O)COC(=O)c1ccc(Cl)c(S(=O)(=O)N2CCc3ccccc32)c1. The minimum absolute atomic E-state index is 0.00166. The molecule has 0 unspecified atom stereocenters. The fraction of sp³-hybridized carbons (Fsp3) is 0.333. The summed E-state index contributed by atoms with van der Waals surface area (Å²) in [4.78, 5) is 24.0. The number of nitrogens with one attached hydrogen (secondary N) is 1. The van der Waals surface area contributed by atoms with Gasteiger partial charge in [-0.1, -0.05) is 36.7 Å². The second-order valence-corrected chi connectivity index (χ2v) is 9.29. The van der Waals surface area contributed by atoms with Crippen molar-refractivity contribution in [3.63, 3.8) is 0 Å². The monoisotopic (exact) mass is 450 g/mol. The standard InChI is InChI=1S/C21H23ClN2O5S/c1-3-14(2)23-20(25)13-29-21(26)16-8-9-17(22)19(12-16)30(27,28)24-11-10-15-6-4-5-7-18(15)24/h4-9,12,14H,3,10-11,13H2,1-2H3,(H,23,25)/t14-/m0/s1. The highest BCUT2D eigenvalue weighted by molar-refractivity contribution is 7.93. The largest absolute Gasteiger partial charge is 0.452 e. The Morgan fingerprint density at radius 3 is 2.70 bits per heavy atom. The molecular formula is C21H23ClN2O5S. The molecular weight excluding hydrogens is 428 g/mol. The molecule has 1 amide bonds. The molecule has 0 saturated carbocycles. The van der Waals surface area contributed by atoms with E-state index < -0.39 is 28.5 Å². The number of halogens is 1. The van der Waals surface area contributed by atoms with E-state index in [9.17, 15) is 18.0 Å². The summed E-state index contributed by atoms with van der Waals surface area (Å²) in [7, 11) is -3.98. The molecule has 0 aromatic heterocycles. The first kappa shape index (κ1) is 22.1. The molecule has 0 fully saturated rings. The summed E-state index contributed by atoms with van der Waals surface area (Å²) in [6, 6.07) is 11.1. The van der Waals surface area contributed by atoms with Crippen molar-refractivity contribution in [1.82, 2.24) is 5.32 Å². The minimum atomic E-state index is -3.98. The molecule has 0 saturated heterocycles. The number of rotatable bonds is 7. The van der Waals surface area contributed by atoms with Gasteiger partial charge in [-0.05, 0) is 49.6 Å². The second kappa shape index (κ2) is 9.06. The highest BCUT2D eigenvalue weighted by Gasteiger charge is 2.32. The Morgan fingerprint density at radius 2 is 1.97 bits per heavy atom. The number of anilines is 1. The quantitative estimate of drug-likeness (QED) is 0.654. The van der Waals surface area contributed by atoms with Gasteiger partial charge in [0.2, 0.25) is 0 Å². The Labute approximate surface area is 181 Å². The summed E-state index contributed by atoms with van der Waals surface area (Å²) >= 11 is 6.17. The first-order valence-corrected chi connectivity index (χ1v) is 11.4. The first-order valence-electron chi connectivity index (χ1n) is 9.60. The molecule has 1 atom stereocenters. The van der Waals surface area contributed by atoms with Gasteiger partial charge in [-0.3, -0.25) is 9.10 Å². The van der Waals surface area contributed by atoms with E-state index in [0.29, 0.717) is 18.7 Å². The topological polar surface area (TPSA) is 92.8 Å². The van der Waals surface area contributed by atoms with Gasteiger partial charge in [-0.2, -0.15) is 0 Å². The van der Waals surface area contributed by atoms with Crippen LogP contribution in [0, 0.1) is 0 Å². The van der Waals surface area contributed by atoms with Crippen molar-refractivity contribution in [3.8, 4) is 0 Å². The number of para-hydroxylation sites is 1. The average Bonchev–Trinajstić information content (AvgIpc) is 3.17. The van der Waals surface area contributed by atoms with E-state index in [4.69, 9.17) is 16.3 Å². The number of fused-ring (bicyclic) bond motifs is 1. The van der Waals surface area contributed by atoms with E-state index in [2.05, 4.69) is 5.32 Å². The maximum absolute atomic E-state index is 13.2. The number of hydrogen-bond donors (Lipinski definition) is 1. The zero-order chi connectivity index (χ0) is 21.9. The number of carbonyl (C=O) groups is 2. The van der Waals surface area contributed by atoms with Gasteiger partial charge in [0, 0.05) is 12.6 Å². The number of carbonyl (C=O) groups excluding carboxylic acids is 2. The van der Waals surface area contributed by atoms with Crippen LogP contribution in [0.25, 0.3) is 0 Å². The van der Waals surface area contributed by atoms with Crippen molar-refractivity contribution in [3.05, 3.63) is 58.6 Å². The van der Waals surface area contributed by atoms with Crippen LogP contribution < -0.4 is 9.62 Å². The number of amides is 1. The van der Waals surface area contributed by atoms with Gasteiger partial charge >= 0.3 is 5.97 Å². The predicted octanol–water partition coefficient (Wildman–Crippen LogP) is 3.16. The van der Waals surface area contributed by atoms with Gasteiger partial charge in [0.1, 0.15) is 4.90 Å². The third-order valence-electron chi connectivity index (χ3n) is 4.93. The predicted molar refractivity (Wildman–Crippen MR) is 114 cm³/mol. The maximum Gasteiger partial charge on any atom is 0.338 e. The highest BCUT2D eigenvalue weighted by Crippen LogP contribution is 2.35. The van der Waals surface area contributed by atoms with Gasteiger partial charge in [0.25, 0.3) is 15.9 Å². The fourth-order valence-corrected chi connectivity index (χ4v) is 5.14. The lowest BCUT2D eigenvalue weighted by Gasteiger charge is -2.20. The van der Waals surface area contributed by atoms with Crippen LogP contribution in [0.3, 0.4) is 0 Å². The van der Waals surface area contributed by atoms with Crippen molar-refractivity contribution in [2.24, 2.45) is 0 Å². The van der Waals surface area contributed by atoms with Gasteiger partial charge in [0.15, 0.2) is 6.61 Å². The molecule has 3 rings (SSSR count). The molecule has 2 aromatic rings. The Hall–Kier alpha value is -2.58. The maximum atomic E-state index is 13.2. The number of hydrogen-bond acceptors (Lipinski definition) is 5. The van der Waals surface area contributed by atoms with Gasteiger partial charge in [-0.15, -0.1) is 0 Å². The molecule has 1 aliphatic rings. The lowest BCUT2D eigenvalue weighted by molar-refractivity contribution is -0.124. The molecule has 160 valence electrons. The molecule has 0 spiro atoms. The van der Waals surface area contributed by atoms with Crippen LogP contribution in [0.15, 0.2) is 47.4 Å². The van der Waals surface area contributed by atoms with Gasteiger partial charge in [0.05, 0.1) is 16.3 Å². The van der Waals surface area contributed by atoms with Crippen LogP contribution in [-0.2, 0) is 26.0 Å². The number of esters is 1. The van der Waals surface area contributed by atoms with E-state index >= 15 is 0 Å². The van der Waals surface area contributed by atoms with Crippen LogP contribution >= 0.6 is 11.6 Å². The molecule has 2 aromatic carbocycles. The Morgan fingerprint density at radius 1 is 1.23 bits per heavy atom. The number of nitrogens with zero attached hydrogens (tertiary/aromatic N) is 1. The van der Waals surface area contributed by atoms with Gasteiger partial charge < -0.3 is 10.1 Å². The zero-order valence-electron chi connectivity index (χ0n) is 16.7. The Kier molecular flexibility index (Phi) is 6.67. The summed E-state index contributed by atoms with van der Waals surface area (Å²) < 4.78 is 32.8. The molecule has 1 N–H and O–H groups in total. The van der Waals surface area contributed by atoms with Crippen molar-refractivity contribution < 1.29 is 22.7 Å². The smallest absolute Gasteiger partial charge is 0.338 e. The van der Waals surface area contributed by atoms with E-state index in [1.54, 1.807) is 12.1 Å². The molecule has 1 heterocycles. The summed E-state index contributed by atoms with van der Waals surface area (Å²) in [5, 5.41) is 2.69. The second-order valence-electron chi connectivity index (χ2n) is 7.05. The van der Waals surface area contributed by atoms with Crippen LogP contribution in [0.1, 0.15) is 36.2 Å². The number of sulfonamides is 1. The third kappa shape index (κ3) is 4.60. The lowest BCUT2D eigenvalue weighted by atomic mass is 10.2. The lowest BCUT2D eigenvalue weighted by Crippen LogP contribution is -2.35. The van der Waals surface area contributed by atoms with E-state index in [-0.39, 0.29) is 21.5 Å². The Balaban J connectivity index is 1.80. The molecule has 0 bridgehead atoms. The van der Waals surface area contributed by atoms with Crippen molar-refractivity contribution in [2.45, 2.75) is 37.6 Å². The minimum Gasteiger partial charge on any atom is -0.452 e. The first-order chi connectivity index (χ1) is 14.2. The van der Waals surface area contributed by atoms with Crippen molar-refractivity contribution in [2.75, 3.05) is 17.5 Å². The summed E-state index contributed by atoms with van der Waals surface area (Å²) in [5.41, 5.74) is 1.53. The number of benzene rings is 2. The van der Waals surface area contributed by atoms with Crippen LogP contribution in [0.5, 0.6) is 0 Å². The van der Waals surface area contributed by atoms with E-state index in [1.807, 2.05) is 26.0 Å². The van der Waals surface area contributed by atoms with Crippen LogP contribution in [-0.4, -0.2) is 39.5 Å². The van der Waals surface area contributed by atoms with Crippen molar-refractivity contribution in [1.29, 1.82) is 0 Å².